The first kappa shape index (κ1) is 11.2. The van der Waals surface area contributed by atoms with Gasteiger partial charge in [0.15, 0.2) is 26.3 Å². The van der Waals surface area contributed by atoms with Gasteiger partial charge in [0.25, 0.3) is 0 Å². The first-order valence-corrected chi connectivity index (χ1v) is 7.68. The van der Waals surface area contributed by atoms with Crippen LogP contribution in [0.1, 0.15) is 0 Å². The van der Waals surface area contributed by atoms with Crippen LogP contribution in [0.15, 0.2) is 22.2 Å². The number of sulfone groups is 1. The van der Waals surface area contributed by atoms with Crippen molar-refractivity contribution in [3.63, 3.8) is 0 Å². The Morgan fingerprint density at radius 3 is 2.78 bits per heavy atom. The van der Waals surface area contributed by atoms with Gasteiger partial charge in [0.05, 0.1) is 5.51 Å². The lowest BCUT2D eigenvalue weighted by Gasteiger charge is -1.96. The maximum atomic E-state index is 11.6. The Kier molecular flexibility index (Phi) is 2.38. The molecule has 3 rings (SSSR count). The summed E-state index contributed by atoms with van der Waals surface area (Å²) in [6, 6.07) is 0. The predicted octanol–water partition coefficient (Wildman–Crippen LogP) is 0.880. The largest absolute Gasteiger partial charge is 0.333 e. The number of imidazole rings is 1. The Balaban J connectivity index is 2.31. The third-order valence-electron chi connectivity index (χ3n) is 2.28. The average molecular weight is 281 g/mol. The summed E-state index contributed by atoms with van der Waals surface area (Å²) in [5, 5.41) is 1.76. The molecule has 3 aromatic heterocycles. The average Bonchev–Trinajstić information content (AvgIpc) is 2.95. The second-order valence-electron chi connectivity index (χ2n) is 3.61. The Bertz CT molecular complexity index is 807. The van der Waals surface area contributed by atoms with E-state index in [2.05, 4.69) is 24.9 Å². The van der Waals surface area contributed by atoms with Gasteiger partial charge in [-0.15, -0.1) is 11.3 Å². The number of fused-ring (bicyclic) bond motifs is 1. The lowest BCUT2D eigenvalue weighted by molar-refractivity contribution is 0.599. The molecular weight excluding hydrogens is 274 g/mol. The molecule has 1 N–H and O–H groups in total. The summed E-state index contributed by atoms with van der Waals surface area (Å²) in [6.45, 7) is 0. The van der Waals surface area contributed by atoms with Crippen molar-refractivity contribution in [2.45, 2.75) is 5.03 Å². The molecular formula is C9H7N5O2S2. The molecule has 0 saturated carbocycles. The van der Waals surface area contributed by atoms with Crippen molar-refractivity contribution in [2.75, 3.05) is 6.26 Å². The number of hydrogen-bond donors (Lipinski definition) is 1. The SMILES string of the molecule is CS(=O)(=O)c1ncnc2nc(-c3cscn3)[nH]c12. The van der Waals surface area contributed by atoms with Gasteiger partial charge in [-0.05, 0) is 0 Å². The van der Waals surface area contributed by atoms with Crippen LogP contribution in [0.4, 0.5) is 0 Å². The molecule has 0 atom stereocenters. The molecule has 0 aliphatic rings. The van der Waals surface area contributed by atoms with E-state index in [1.165, 1.54) is 17.7 Å². The zero-order valence-corrected chi connectivity index (χ0v) is 10.8. The van der Waals surface area contributed by atoms with E-state index in [4.69, 9.17) is 0 Å². The molecule has 0 fully saturated rings. The minimum atomic E-state index is -3.43. The fourth-order valence-corrected chi connectivity index (χ4v) is 2.83. The number of nitrogens with zero attached hydrogens (tertiary/aromatic N) is 4. The Morgan fingerprint density at radius 2 is 2.11 bits per heavy atom. The number of aromatic nitrogens is 5. The second-order valence-corrected chi connectivity index (χ2v) is 6.26. The highest BCUT2D eigenvalue weighted by Crippen LogP contribution is 2.22. The van der Waals surface area contributed by atoms with Crippen molar-refractivity contribution in [1.29, 1.82) is 0 Å². The van der Waals surface area contributed by atoms with Crippen LogP contribution in [0.3, 0.4) is 0 Å². The molecule has 92 valence electrons. The Labute approximate surface area is 106 Å². The van der Waals surface area contributed by atoms with Gasteiger partial charge in [0.2, 0.25) is 0 Å². The standard InChI is InChI=1S/C9H7N5O2S2/c1-18(15,16)9-6-8(10-3-11-9)14-7(13-6)5-2-17-4-12-5/h2-4H,1H3,(H,10,11,13,14). The molecule has 3 aromatic rings. The van der Waals surface area contributed by atoms with Crippen LogP contribution >= 0.6 is 11.3 Å². The summed E-state index contributed by atoms with van der Waals surface area (Å²) in [4.78, 5) is 18.9. The summed E-state index contributed by atoms with van der Waals surface area (Å²) >= 11 is 1.43. The molecule has 3 heterocycles. The first-order chi connectivity index (χ1) is 8.55. The maximum Gasteiger partial charge on any atom is 0.195 e. The molecule has 0 saturated heterocycles. The summed E-state index contributed by atoms with van der Waals surface area (Å²) in [6.07, 6.45) is 2.28. The van der Waals surface area contributed by atoms with Crippen LogP contribution in [0, 0.1) is 0 Å². The van der Waals surface area contributed by atoms with Crippen molar-refractivity contribution in [2.24, 2.45) is 0 Å². The molecule has 0 bridgehead atoms. The van der Waals surface area contributed by atoms with Crippen molar-refractivity contribution in [3.8, 4) is 11.5 Å². The quantitative estimate of drug-likeness (QED) is 0.700. The van der Waals surface area contributed by atoms with Crippen molar-refractivity contribution < 1.29 is 8.42 Å². The van der Waals surface area contributed by atoms with Crippen LogP contribution in [-0.2, 0) is 9.84 Å². The highest BCUT2D eigenvalue weighted by molar-refractivity contribution is 7.90. The zero-order chi connectivity index (χ0) is 12.8. The second kappa shape index (κ2) is 3.82. The van der Waals surface area contributed by atoms with Gasteiger partial charge in [0.1, 0.15) is 17.5 Å². The number of rotatable bonds is 2. The van der Waals surface area contributed by atoms with Crippen molar-refractivity contribution in [1.82, 2.24) is 24.9 Å². The molecule has 7 nitrogen and oxygen atoms in total. The van der Waals surface area contributed by atoms with Gasteiger partial charge in [-0.2, -0.15) is 0 Å². The molecule has 18 heavy (non-hydrogen) atoms. The van der Waals surface area contributed by atoms with E-state index >= 15 is 0 Å². The van der Waals surface area contributed by atoms with Crippen LogP contribution in [0.5, 0.6) is 0 Å². The highest BCUT2D eigenvalue weighted by Gasteiger charge is 2.18. The number of nitrogens with one attached hydrogen (secondary N) is 1. The van der Waals surface area contributed by atoms with Crippen LogP contribution in [0.25, 0.3) is 22.7 Å². The Morgan fingerprint density at radius 1 is 1.28 bits per heavy atom. The van der Waals surface area contributed by atoms with Gasteiger partial charge in [-0.3, -0.25) is 0 Å². The zero-order valence-electron chi connectivity index (χ0n) is 9.15. The van der Waals surface area contributed by atoms with E-state index in [0.717, 1.165) is 6.26 Å². The highest BCUT2D eigenvalue weighted by atomic mass is 32.2. The number of H-pyrrole nitrogens is 1. The molecule has 0 aromatic carbocycles. The minimum Gasteiger partial charge on any atom is -0.333 e. The molecule has 0 aliphatic heterocycles. The molecule has 0 unspecified atom stereocenters. The number of hydrogen-bond acceptors (Lipinski definition) is 7. The first-order valence-electron chi connectivity index (χ1n) is 4.85. The minimum absolute atomic E-state index is 0.0542. The van der Waals surface area contributed by atoms with Gasteiger partial charge >= 0.3 is 0 Å². The van der Waals surface area contributed by atoms with E-state index < -0.39 is 9.84 Å². The topological polar surface area (TPSA) is 101 Å². The monoisotopic (exact) mass is 281 g/mol. The van der Waals surface area contributed by atoms with Crippen molar-refractivity contribution >= 4 is 32.3 Å². The fraction of sp³-hybridized carbons (Fsp3) is 0.111. The van der Waals surface area contributed by atoms with E-state index in [0.29, 0.717) is 22.7 Å². The lowest BCUT2D eigenvalue weighted by Crippen LogP contribution is -2.02. The summed E-state index contributed by atoms with van der Waals surface area (Å²) in [5.41, 5.74) is 2.94. The molecule has 0 amide bonds. The van der Waals surface area contributed by atoms with Gasteiger partial charge in [-0.25, -0.2) is 28.4 Å². The summed E-state index contributed by atoms with van der Waals surface area (Å²) in [5.74, 6) is 0.483. The smallest absolute Gasteiger partial charge is 0.195 e. The van der Waals surface area contributed by atoms with Crippen LogP contribution in [0.2, 0.25) is 0 Å². The molecule has 0 spiro atoms. The molecule has 0 aliphatic carbocycles. The third-order valence-corrected chi connectivity index (χ3v) is 3.88. The van der Waals surface area contributed by atoms with Gasteiger partial charge in [0, 0.05) is 11.6 Å². The van der Waals surface area contributed by atoms with E-state index in [1.807, 2.05) is 5.38 Å². The summed E-state index contributed by atoms with van der Waals surface area (Å²) < 4.78 is 23.2. The maximum absolute atomic E-state index is 11.6. The fourth-order valence-electron chi connectivity index (χ4n) is 1.54. The van der Waals surface area contributed by atoms with Gasteiger partial charge < -0.3 is 4.98 Å². The summed E-state index contributed by atoms with van der Waals surface area (Å²) in [7, 11) is -3.43. The van der Waals surface area contributed by atoms with Gasteiger partial charge in [-0.1, -0.05) is 0 Å². The van der Waals surface area contributed by atoms with E-state index in [1.54, 1.807) is 5.51 Å². The normalized spacial score (nSPS) is 12.1. The number of aromatic amines is 1. The van der Waals surface area contributed by atoms with Crippen LogP contribution in [-0.4, -0.2) is 39.6 Å². The van der Waals surface area contributed by atoms with Crippen molar-refractivity contribution in [3.05, 3.63) is 17.2 Å². The van der Waals surface area contributed by atoms with E-state index in [9.17, 15) is 8.42 Å². The van der Waals surface area contributed by atoms with E-state index in [-0.39, 0.29) is 5.03 Å². The molecule has 0 radical (unpaired) electrons. The van der Waals surface area contributed by atoms with Crippen LogP contribution < -0.4 is 0 Å². The predicted molar refractivity (Wildman–Crippen MR) is 65.9 cm³/mol. The number of thiazole rings is 1. The lowest BCUT2D eigenvalue weighted by atomic mass is 10.5. The Hall–Kier alpha value is -1.87. The molecule has 9 heteroatoms. The third kappa shape index (κ3) is 1.77.